The highest BCUT2D eigenvalue weighted by molar-refractivity contribution is 5.70. The van der Waals surface area contributed by atoms with E-state index in [-0.39, 0.29) is 32.2 Å². The monoisotopic (exact) mass is 1470 g/mol. The van der Waals surface area contributed by atoms with Gasteiger partial charge in [-0.25, -0.2) is 0 Å². The molecule has 9 nitrogen and oxygen atoms in total. The lowest BCUT2D eigenvalue weighted by Gasteiger charge is -2.26. The fraction of sp³-hybridized carbons (Fsp3) is 0.781. The van der Waals surface area contributed by atoms with E-state index in [0.29, 0.717) is 23.9 Å². The lowest BCUT2D eigenvalue weighted by Crippen LogP contribution is -2.44. The largest absolute Gasteiger partial charge is 0.545 e. The van der Waals surface area contributed by atoms with Crippen LogP contribution >= 0.6 is 0 Å². The van der Waals surface area contributed by atoms with Gasteiger partial charge < -0.3 is 33.3 Å². The van der Waals surface area contributed by atoms with Crippen molar-refractivity contribution in [1.82, 2.24) is 0 Å². The number of unbranched alkanes of at least 4 members (excludes halogenated alkanes) is 51. The quantitative estimate of drug-likeness (QED) is 0.0195. The van der Waals surface area contributed by atoms with Crippen molar-refractivity contribution in [3.8, 4) is 0 Å². The van der Waals surface area contributed by atoms with Crippen molar-refractivity contribution < 1.29 is 42.9 Å². The molecule has 9 heteroatoms. The van der Waals surface area contributed by atoms with Gasteiger partial charge in [-0.1, -0.05) is 419 Å². The third-order valence-electron chi connectivity index (χ3n) is 20.0. The molecule has 0 aromatic rings. The van der Waals surface area contributed by atoms with Gasteiger partial charge in [0, 0.05) is 12.8 Å². The molecule has 0 aromatic heterocycles. The van der Waals surface area contributed by atoms with Crippen molar-refractivity contribution >= 4 is 17.9 Å². The van der Waals surface area contributed by atoms with Gasteiger partial charge in [-0.05, 0) is 103 Å². The number of hydrogen-bond acceptors (Lipinski definition) is 8. The molecule has 608 valence electrons. The Morgan fingerprint density at radius 2 is 0.543 bits per heavy atom. The number of likely N-dealkylation sites (N-methyl/N-ethyl adjacent to an activating group) is 1. The Hall–Kier alpha value is -4.05. The molecule has 0 bridgehead atoms. The van der Waals surface area contributed by atoms with Crippen molar-refractivity contribution in [2.45, 2.75) is 437 Å². The minimum absolute atomic E-state index is 0.147. The molecule has 0 saturated carbocycles. The van der Waals surface area contributed by atoms with Gasteiger partial charge in [0.05, 0.1) is 40.3 Å². The van der Waals surface area contributed by atoms with Crippen LogP contribution in [0.2, 0.25) is 0 Å². The van der Waals surface area contributed by atoms with Gasteiger partial charge in [-0.3, -0.25) is 9.59 Å². The number of aliphatic carboxylic acids is 1. The van der Waals surface area contributed by atoms with Gasteiger partial charge in [0.15, 0.2) is 12.4 Å². The molecule has 0 spiro atoms. The molecule has 0 amide bonds. The molecule has 0 heterocycles. The second kappa shape index (κ2) is 85.6. The summed E-state index contributed by atoms with van der Waals surface area (Å²) in [4.78, 5) is 37.7. The first-order valence-corrected chi connectivity index (χ1v) is 45.0. The molecule has 0 aliphatic carbocycles. The lowest BCUT2D eigenvalue weighted by molar-refractivity contribution is -0.870. The van der Waals surface area contributed by atoms with E-state index in [1.54, 1.807) is 0 Å². The first-order valence-electron chi connectivity index (χ1n) is 45.0. The minimum atomic E-state index is -1.63. The Kier molecular flexibility index (Phi) is 82.3. The predicted octanol–water partition coefficient (Wildman–Crippen LogP) is 28.3. The van der Waals surface area contributed by atoms with E-state index in [1.165, 1.54) is 302 Å². The van der Waals surface area contributed by atoms with Crippen LogP contribution < -0.4 is 5.11 Å². The Labute approximate surface area is 651 Å². The average molecular weight is 1470 g/mol. The third-order valence-corrected chi connectivity index (χ3v) is 20.0. The summed E-state index contributed by atoms with van der Waals surface area (Å²) < 4.78 is 22.9. The zero-order chi connectivity index (χ0) is 76.0. The van der Waals surface area contributed by atoms with Gasteiger partial charge in [0.1, 0.15) is 13.2 Å². The highest BCUT2D eigenvalue weighted by Crippen LogP contribution is 2.20. The van der Waals surface area contributed by atoms with E-state index in [1.807, 2.05) is 21.1 Å². The highest BCUT2D eigenvalue weighted by atomic mass is 16.7. The molecule has 0 aromatic carbocycles. The number of hydrogen-bond donors (Lipinski definition) is 0. The zero-order valence-electron chi connectivity index (χ0n) is 69.8. The Morgan fingerprint density at radius 1 is 0.295 bits per heavy atom. The van der Waals surface area contributed by atoms with Crippen LogP contribution in [0.4, 0.5) is 0 Å². The Balaban J connectivity index is 3.95. The van der Waals surface area contributed by atoms with E-state index < -0.39 is 24.3 Å². The van der Waals surface area contributed by atoms with Crippen LogP contribution in [0.15, 0.2) is 109 Å². The number of carboxylic acids is 1. The second-order valence-electron chi connectivity index (χ2n) is 31.5. The first-order chi connectivity index (χ1) is 51.6. The average Bonchev–Trinajstić information content (AvgIpc) is 1.18. The van der Waals surface area contributed by atoms with Crippen molar-refractivity contribution in [2.75, 3.05) is 47.5 Å². The zero-order valence-corrected chi connectivity index (χ0v) is 69.8. The van der Waals surface area contributed by atoms with E-state index in [0.717, 1.165) is 89.9 Å². The summed E-state index contributed by atoms with van der Waals surface area (Å²) >= 11 is 0. The summed E-state index contributed by atoms with van der Waals surface area (Å²) in [5.74, 6) is -2.26. The SMILES string of the molecule is CC/C=C\C/C=C\C/C=C\C/C=C\C/C=C\C/C=C\C/C=C\C/C=C\CCCCCCCCCCCCCCCCCCC(=O)OC(COC(=O)CCCCCCCCCCCCCCCCCCCCCCCCCCCCC/C=C\CCCCCCCCCC)COC(OCC[N+](C)(C)C)C(=O)[O-]. The molecule has 0 fully saturated rings. The fourth-order valence-corrected chi connectivity index (χ4v) is 13.2. The Bertz CT molecular complexity index is 2110. The molecule has 0 aliphatic rings. The summed E-state index contributed by atoms with van der Waals surface area (Å²) in [6.45, 7) is 4.69. The Morgan fingerprint density at radius 3 is 0.819 bits per heavy atom. The normalized spacial score (nSPS) is 13.1. The summed E-state index contributed by atoms with van der Waals surface area (Å²) in [6, 6.07) is 0. The summed E-state index contributed by atoms with van der Waals surface area (Å²) in [7, 11) is 5.95. The maximum atomic E-state index is 13.0. The molecular formula is C96H171NO8. The summed E-state index contributed by atoms with van der Waals surface area (Å²) in [6.07, 6.45) is 118. The van der Waals surface area contributed by atoms with E-state index >= 15 is 0 Å². The van der Waals surface area contributed by atoms with Gasteiger partial charge in [0.25, 0.3) is 0 Å². The van der Waals surface area contributed by atoms with Gasteiger partial charge >= 0.3 is 11.9 Å². The molecule has 2 unspecified atom stereocenters. The van der Waals surface area contributed by atoms with Crippen LogP contribution in [0.1, 0.15) is 425 Å². The molecule has 0 rings (SSSR count). The van der Waals surface area contributed by atoms with Crippen LogP contribution in [0.25, 0.3) is 0 Å². The number of quaternary nitrogens is 1. The number of esters is 2. The number of carbonyl (C=O) groups is 3. The maximum Gasteiger partial charge on any atom is 0.306 e. The first kappa shape index (κ1) is 101. The van der Waals surface area contributed by atoms with Crippen molar-refractivity contribution in [1.29, 1.82) is 0 Å². The second-order valence-corrected chi connectivity index (χ2v) is 31.5. The van der Waals surface area contributed by atoms with E-state index in [9.17, 15) is 19.5 Å². The van der Waals surface area contributed by atoms with Crippen LogP contribution in [0.3, 0.4) is 0 Å². The van der Waals surface area contributed by atoms with Crippen LogP contribution in [0.5, 0.6) is 0 Å². The number of rotatable bonds is 84. The molecule has 0 radical (unpaired) electrons. The van der Waals surface area contributed by atoms with Gasteiger partial charge in [-0.2, -0.15) is 0 Å². The molecule has 2 atom stereocenters. The number of allylic oxidation sites excluding steroid dienone is 18. The molecular weight excluding hydrogens is 1300 g/mol. The van der Waals surface area contributed by atoms with Crippen LogP contribution in [-0.4, -0.2) is 82.3 Å². The molecule has 0 N–H and O–H groups in total. The summed E-state index contributed by atoms with van der Waals surface area (Å²) in [5, 5.41) is 11.9. The number of ether oxygens (including phenoxy) is 4. The number of carboxylic acid groups (broad SMARTS) is 1. The molecule has 0 saturated heterocycles. The van der Waals surface area contributed by atoms with Crippen molar-refractivity contribution in [3.05, 3.63) is 109 Å². The predicted molar refractivity (Wildman–Crippen MR) is 454 cm³/mol. The van der Waals surface area contributed by atoms with Crippen molar-refractivity contribution in [3.63, 3.8) is 0 Å². The van der Waals surface area contributed by atoms with Crippen molar-refractivity contribution in [2.24, 2.45) is 0 Å². The topological polar surface area (TPSA) is 111 Å². The lowest BCUT2D eigenvalue weighted by atomic mass is 10.0. The number of nitrogens with zero attached hydrogens (tertiary/aromatic N) is 1. The fourth-order valence-electron chi connectivity index (χ4n) is 13.2. The van der Waals surface area contributed by atoms with Gasteiger partial charge in [0.2, 0.25) is 0 Å². The smallest absolute Gasteiger partial charge is 0.306 e. The van der Waals surface area contributed by atoms with Crippen LogP contribution in [-0.2, 0) is 33.3 Å². The maximum absolute atomic E-state index is 13.0. The highest BCUT2D eigenvalue weighted by Gasteiger charge is 2.22. The minimum Gasteiger partial charge on any atom is -0.545 e. The standard InChI is InChI=1S/C96H171NO8/c1-6-8-10-12-14-16-18-20-22-24-26-28-30-32-34-36-38-40-42-44-46-47-49-51-53-55-57-59-61-63-65-67-69-71-73-75-77-79-81-83-85-87-94(99)105-92(91-104-96(95(100)101)102-89-88-97(3,4)5)90-103-93(98)86-84-82-80-78-76-74-72-70-68-66-64-62-60-58-56-54-52-50-48-45-43-41-39-37-35-33-31-29-27-25-23-21-19-17-15-13-11-9-7-2/h8,10,14,16,20,22,25-28,32,34,38,40,44,46,49,51,92,96H,6-7,9,11-13,15,17-19,21,23-24,29-31,33,35-37,39,41-43,45,47-48,50,52-91H2,1-5H3/b10-8-,16-14-,22-20-,27-25-,28-26-,34-32-,40-38-,46-44-,51-49-. The van der Waals surface area contributed by atoms with Gasteiger partial charge in [-0.15, -0.1) is 0 Å². The summed E-state index contributed by atoms with van der Waals surface area (Å²) in [5.41, 5.74) is 0. The third kappa shape index (κ3) is 87.1. The number of carbonyl (C=O) groups excluding carboxylic acids is 3. The van der Waals surface area contributed by atoms with Crippen LogP contribution in [0, 0.1) is 0 Å². The van der Waals surface area contributed by atoms with E-state index in [4.69, 9.17) is 18.9 Å². The van der Waals surface area contributed by atoms with E-state index in [2.05, 4.69) is 123 Å². The molecule has 0 aliphatic heterocycles. The molecule has 105 heavy (non-hydrogen) atoms.